The Balaban J connectivity index is 2.81. The highest BCUT2D eigenvalue weighted by atomic mass is 35.5. The van der Waals surface area contributed by atoms with Gasteiger partial charge in [0.15, 0.2) is 0 Å². The summed E-state index contributed by atoms with van der Waals surface area (Å²) in [5, 5.41) is 0.480. The van der Waals surface area contributed by atoms with Gasteiger partial charge in [-0.2, -0.15) is 0 Å². The van der Waals surface area contributed by atoms with Crippen molar-refractivity contribution in [1.82, 2.24) is 0 Å². The second-order valence-electron chi connectivity index (χ2n) is 3.89. The molecule has 0 heterocycles. The predicted molar refractivity (Wildman–Crippen MR) is 52.9 cm³/mol. The minimum Gasteiger partial charge on any atom is -0.460 e. The number of Topliss-reactive ketones (excluding diaryl/α,β-unsaturated/α-hetero) is 1. The third-order valence-electron chi connectivity index (χ3n) is 2.23. The molecule has 0 N–H and O–H groups in total. The average Bonchev–Trinajstić information content (AvgIpc) is 2.02. The molecule has 0 aromatic rings. The van der Waals surface area contributed by atoms with Crippen molar-refractivity contribution >= 4 is 23.4 Å². The van der Waals surface area contributed by atoms with Crippen molar-refractivity contribution < 1.29 is 14.3 Å². The van der Waals surface area contributed by atoms with E-state index in [1.165, 1.54) is 0 Å². The van der Waals surface area contributed by atoms with Crippen LogP contribution in [0.2, 0.25) is 0 Å². The molecule has 0 spiro atoms. The molecule has 0 aromatic carbocycles. The molecule has 1 aliphatic carbocycles. The molecule has 1 aliphatic rings. The van der Waals surface area contributed by atoms with Gasteiger partial charge in [0.25, 0.3) is 5.78 Å². The van der Waals surface area contributed by atoms with Crippen molar-refractivity contribution in [3.63, 3.8) is 0 Å². The van der Waals surface area contributed by atoms with Crippen molar-refractivity contribution in [1.29, 1.82) is 0 Å². The first-order valence-electron chi connectivity index (χ1n) is 4.50. The zero-order chi connectivity index (χ0) is 10.9. The molecule has 0 radical (unpaired) electrons. The standard InChI is InChI=1S/C10H13ClO3/c1-4-14-9(13)8(12)7-6(11)5-10(7,2)3/h4-5H2,1-3H3. The fourth-order valence-electron chi connectivity index (χ4n) is 1.55. The number of hydrogen-bond acceptors (Lipinski definition) is 3. The van der Waals surface area contributed by atoms with Crippen LogP contribution in [0.3, 0.4) is 0 Å². The lowest BCUT2D eigenvalue weighted by molar-refractivity contribution is -0.152. The van der Waals surface area contributed by atoms with Crippen molar-refractivity contribution in [3.8, 4) is 0 Å². The summed E-state index contributed by atoms with van der Waals surface area (Å²) >= 11 is 5.79. The first-order chi connectivity index (χ1) is 6.40. The lowest BCUT2D eigenvalue weighted by Crippen LogP contribution is -2.35. The molecule has 0 unspecified atom stereocenters. The van der Waals surface area contributed by atoms with E-state index in [1.54, 1.807) is 6.92 Å². The summed E-state index contributed by atoms with van der Waals surface area (Å²) < 4.78 is 4.62. The summed E-state index contributed by atoms with van der Waals surface area (Å²) in [7, 11) is 0. The largest absolute Gasteiger partial charge is 0.460 e. The topological polar surface area (TPSA) is 43.4 Å². The quantitative estimate of drug-likeness (QED) is 0.536. The summed E-state index contributed by atoms with van der Waals surface area (Å²) in [6.45, 7) is 5.62. The van der Waals surface area contributed by atoms with Crippen LogP contribution in [0.15, 0.2) is 10.6 Å². The summed E-state index contributed by atoms with van der Waals surface area (Å²) in [4.78, 5) is 22.7. The summed E-state index contributed by atoms with van der Waals surface area (Å²) in [5.74, 6) is -1.42. The molecule has 0 amide bonds. The zero-order valence-electron chi connectivity index (χ0n) is 8.52. The number of ether oxygens (including phenoxy) is 1. The van der Waals surface area contributed by atoms with Crippen molar-refractivity contribution in [2.45, 2.75) is 27.2 Å². The van der Waals surface area contributed by atoms with E-state index in [-0.39, 0.29) is 12.0 Å². The lowest BCUT2D eigenvalue weighted by Gasteiger charge is -2.36. The molecule has 1 rings (SSSR count). The number of rotatable bonds is 3. The van der Waals surface area contributed by atoms with E-state index in [0.717, 1.165) is 0 Å². The number of allylic oxidation sites excluding steroid dienone is 1. The molecule has 0 bridgehead atoms. The van der Waals surface area contributed by atoms with E-state index < -0.39 is 11.8 Å². The monoisotopic (exact) mass is 216 g/mol. The Kier molecular flexibility index (Phi) is 3.00. The molecular weight excluding hydrogens is 204 g/mol. The number of ketones is 1. The fraction of sp³-hybridized carbons (Fsp3) is 0.600. The number of halogens is 1. The Hall–Kier alpha value is -0.830. The highest BCUT2D eigenvalue weighted by molar-refractivity contribution is 6.45. The van der Waals surface area contributed by atoms with Crippen LogP contribution in [0, 0.1) is 5.41 Å². The highest BCUT2D eigenvalue weighted by Gasteiger charge is 2.43. The van der Waals surface area contributed by atoms with E-state index >= 15 is 0 Å². The van der Waals surface area contributed by atoms with Gasteiger partial charge >= 0.3 is 5.97 Å². The van der Waals surface area contributed by atoms with Gasteiger partial charge in [0.05, 0.1) is 6.61 Å². The first-order valence-corrected chi connectivity index (χ1v) is 4.88. The van der Waals surface area contributed by atoms with Gasteiger partial charge in [-0.3, -0.25) is 4.79 Å². The third-order valence-corrected chi connectivity index (χ3v) is 2.56. The first kappa shape index (κ1) is 11.2. The van der Waals surface area contributed by atoms with Crippen LogP contribution in [-0.4, -0.2) is 18.4 Å². The van der Waals surface area contributed by atoms with Gasteiger partial charge in [0.1, 0.15) is 0 Å². The smallest absolute Gasteiger partial charge is 0.379 e. The number of hydrogen-bond donors (Lipinski definition) is 0. The van der Waals surface area contributed by atoms with Crippen LogP contribution in [0.5, 0.6) is 0 Å². The summed E-state index contributed by atoms with van der Waals surface area (Å²) in [6, 6.07) is 0. The van der Waals surface area contributed by atoms with E-state index in [9.17, 15) is 9.59 Å². The molecule has 78 valence electrons. The Morgan fingerprint density at radius 1 is 1.50 bits per heavy atom. The third kappa shape index (κ3) is 1.82. The van der Waals surface area contributed by atoms with Gasteiger partial charge in [-0.15, -0.1) is 0 Å². The van der Waals surface area contributed by atoms with Crippen LogP contribution in [0.1, 0.15) is 27.2 Å². The van der Waals surface area contributed by atoms with Gasteiger partial charge in [-0.25, -0.2) is 4.79 Å². The van der Waals surface area contributed by atoms with Crippen molar-refractivity contribution in [2.75, 3.05) is 6.61 Å². The number of esters is 1. The molecule has 0 fully saturated rings. The second-order valence-corrected chi connectivity index (χ2v) is 4.35. The number of carbonyl (C=O) groups is 2. The molecule has 0 atom stereocenters. The molecule has 3 nitrogen and oxygen atoms in total. The van der Waals surface area contributed by atoms with Crippen LogP contribution < -0.4 is 0 Å². The Bertz CT molecular complexity index is 315. The van der Waals surface area contributed by atoms with E-state index in [1.807, 2.05) is 13.8 Å². The minimum absolute atomic E-state index is 0.204. The van der Waals surface area contributed by atoms with Gasteiger partial charge in [0, 0.05) is 10.6 Å². The second kappa shape index (κ2) is 3.73. The van der Waals surface area contributed by atoms with Crippen LogP contribution in [0.25, 0.3) is 0 Å². The zero-order valence-corrected chi connectivity index (χ0v) is 9.27. The van der Waals surface area contributed by atoms with Crippen LogP contribution in [-0.2, 0) is 14.3 Å². The molecule has 0 aliphatic heterocycles. The Labute approximate surface area is 88.1 Å². The highest BCUT2D eigenvalue weighted by Crippen LogP contribution is 2.47. The van der Waals surface area contributed by atoms with Gasteiger partial charge in [-0.05, 0) is 18.8 Å². The molecular formula is C10H13ClO3. The van der Waals surface area contributed by atoms with E-state index in [2.05, 4.69) is 4.74 Å². The predicted octanol–water partition coefficient (Wildman–Crippen LogP) is 2.04. The Morgan fingerprint density at radius 3 is 2.43 bits per heavy atom. The molecule has 0 aromatic heterocycles. The van der Waals surface area contributed by atoms with Crippen LogP contribution in [0.4, 0.5) is 0 Å². The summed E-state index contributed by atoms with van der Waals surface area (Å²) in [5.41, 5.74) is 0.110. The average molecular weight is 217 g/mol. The van der Waals surface area contributed by atoms with Gasteiger partial charge in [-0.1, -0.05) is 25.4 Å². The Morgan fingerprint density at radius 2 is 2.07 bits per heavy atom. The molecule has 0 saturated carbocycles. The van der Waals surface area contributed by atoms with E-state index in [4.69, 9.17) is 11.6 Å². The maximum absolute atomic E-state index is 11.5. The van der Waals surface area contributed by atoms with Gasteiger partial charge < -0.3 is 4.74 Å². The van der Waals surface area contributed by atoms with Gasteiger partial charge in [0.2, 0.25) is 0 Å². The summed E-state index contributed by atoms with van der Waals surface area (Å²) in [6.07, 6.45) is 0.648. The number of carbonyl (C=O) groups excluding carboxylic acids is 2. The van der Waals surface area contributed by atoms with Crippen LogP contribution >= 0.6 is 11.6 Å². The maximum atomic E-state index is 11.5. The molecule has 4 heteroatoms. The maximum Gasteiger partial charge on any atom is 0.379 e. The van der Waals surface area contributed by atoms with E-state index in [0.29, 0.717) is 17.0 Å². The van der Waals surface area contributed by atoms with Crippen molar-refractivity contribution in [3.05, 3.63) is 10.6 Å². The normalized spacial score (nSPS) is 18.9. The fourth-order valence-corrected chi connectivity index (χ4v) is 2.23. The lowest BCUT2D eigenvalue weighted by atomic mass is 9.70. The van der Waals surface area contributed by atoms with Crippen molar-refractivity contribution in [2.24, 2.45) is 5.41 Å². The molecule has 14 heavy (non-hydrogen) atoms. The molecule has 0 saturated heterocycles. The SMILES string of the molecule is CCOC(=O)C(=O)C1=C(Cl)CC1(C)C. The minimum atomic E-state index is -0.812.